The smallest absolute Gasteiger partial charge is 0.318 e. The van der Waals surface area contributed by atoms with Gasteiger partial charge in [-0.15, -0.1) is 0 Å². The molecule has 0 radical (unpaired) electrons. The first-order valence-corrected chi connectivity index (χ1v) is 9.94. The second-order valence-electron chi connectivity index (χ2n) is 7.79. The summed E-state index contributed by atoms with van der Waals surface area (Å²) in [6.07, 6.45) is 1.30. The van der Waals surface area contributed by atoms with E-state index in [1.165, 1.54) is 0 Å². The van der Waals surface area contributed by atoms with Gasteiger partial charge in [0.1, 0.15) is 5.41 Å². The number of carbonyl (C=O) groups excluding carboxylic acids is 2. The minimum Gasteiger partial charge on any atom is -0.480 e. The van der Waals surface area contributed by atoms with Crippen LogP contribution in [0.3, 0.4) is 0 Å². The molecule has 1 atom stereocenters. The van der Waals surface area contributed by atoms with Crippen molar-refractivity contribution in [2.45, 2.75) is 37.6 Å². The lowest BCUT2D eigenvalue weighted by Crippen LogP contribution is -2.42. The van der Waals surface area contributed by atoms with Gasteiger partial charge >= 0.3 is 5.97 Å². The van der Waals surface area contributed by atoms with Crippen LogP contribution >= 0.6 is 0 Å². The van der Waals surface area contributed by atoms with Crippen LogP contribution in [0, 0.1) is 0 Å². The summed E-state index contributed by atoms with van der Waals surface area (Å²) in [5, 5.41) is 15.7. The highest BCUT2D eigenvalue weighted by Gasteiger charge is 2.46. The maximum Gasteiger partial charge on any atom is 0.318 e. The fourth-order valence-electron chi connectivity index (χ4n) is 4.44. The lowest BCUT2D eigenvalue weighted by atomic mass is 9.68. The van der Waals surface area contributed by atoms with Crippen molar-refractivity contribution in [2.75, 3.05) is 14.1 Å². The zero-order chi connectivity index (χ0) is 22.1. The number of hydrogen-bond donors (Lipinski definition) is 4. The Balaban J connectivity index is 2.30. The SMILES string of the molecule is CNC(=O)c1ccc2c(c1)CCc1cc(C(=O)NC)ccc1C2(C[C@H](C)N)C(=O)O. The largest absolute Gasteiger partial charge is 0.480 e. The van der Waals surface area contributed by atoms with E-state index >= 15 is 0 Å². The third kappa shape index (κ3) is 3.57. The second-order valence-corrected chi connectivity index (χ2v) is 7.79. The van der Waals surface area contributed by atoms with Crippen LogP contribution in [0.15, 0.2) is 36.4 Å². The molecule has 3 rings (SSSR count). The number of hydrogen-bond acceptors (Lipinski definition) is 4. The fraction of sp³-hybridized carbons (Fsp3) is 0.348. The molecule has 0 aliphatic heterocycles. The highest BCUT2D eigenvalue weighted by molar-refractivity contribution is 5.96. The molecular weight excluding hydrogens is 382 g/mol. The number of carboxylic acid groups (broad SMARTS) is 1. The Kier molecular flexibility index (Phi) is 5.94. The van der Waals surface area contributed by atoms with Gasteiger partial charge in [-0.25, -0.2) is 0 Å². The Hall–Kier alpha value is -3.19. The van der Waals surface area contributed by atoms with Gasteiger partial charge in [0.25, 0.3) is 11.8 Å². The summed E-state index contributed by atoms with van der Waals surface area (Å²) in [6, 6.07) is 9.92. The van der Waals surface area contributed by atoms with Crippen LogP contribution in [-0.4, -0.2) is 43.0 Å². The number of nitrogens with two attached hydrogens (primary N) is 1. The molecule has 0 saturated heterocycles. The topological polar surface area (TPSA) is 122 Å². The zero-order valence-corrected chi connectivity index (χ0v) is 17.4. The summed E-state index contributed by atoms with van der Waals surface area (Å²) in [5.41, 5.74) is 8.61. The number of benzene rings is 2. The van der Waals surface area contributed by atoms with Crippen molar-refractivity contribution in [3.63, 3.8) is 0 Å². The molecule has 0 saturated carbocycles. The Labute approximate surface area is 175 Å². The van der Waals surface area contributed by atoms with Gasteiger partial charge in [-0.05, 0) is 72.7 Å². The van der Waals surface area contributed by atoms with Gasteiger partial charge in [0.15, 0.2) is 0 Å². The molecule has 158 valence electrons. The Morgan fingerprint density at radius 1 is 0.967 bits per heavy atom. The van der Waals surface area contributed by atoms with E-state index in [0.717, 1.165) is 11.1 Å². The molecule has 1 aliphatic rings. The number of aryl methyl sites for hydroxylation is 2. The third-order valence-corrected chi connectivity index (χ3v) is 5.77. The molecule has 0 bridgehead atoms. The second kappa shape index (κ2) is 8.28. The van der Waals surface area contributed by atoms with E-state index in [9.17, 15) is 19.5 Å². The van der Waals surface area contributed by atoms with Crippen LogP contribution in [0.2, 0.25) is 0 Å². The van der Waals surface area contributed by atoms with Gasteiger partial charge in [0.2, 0.25) is 0 Å². The summed E-state index contributed by atoms with van der Waals surface area (Å²) in [6.45, 7) is 1.78. The number of carboxylic acids is 1. The molecular formula is C23H27N3O4. The molecule has 0 fully saturated rings. The van der Waals surface area contributed by atoms with Gasteiger partial charge in [0.05, 0.1) is 0 Å². The molecule has 2 aromatic rings. The monoisotopic (exact) mass is 409 g/mol. The van der Waals surface area contributed by atoms with Crippen molar-refractivity contribution in [1.82, 2.24) is 10.6 Å². The van der Waals surface area contributed by atoms with Crippen molar-refractivity contribution in [3.8, 4) is 0 Å². The lowest BCUT2D eigenvalue weighted by Gasteiger charge is -2.34. The first-order valence-electron chi connectivity index (χ1n) is 9.94. The van der Waals surface area contributed by atoms with E-state index in [1.807, 2.05) is 0 Å². The summed E-state index contributed by atoms with van der Waals surface area (Å²) in [7, 11) is 3.11. The highest BCUT2D eigenvalue weighted by atomic mass is 16.4. The first kappa shape index (κ1) is 21.5. The molecule has 5 N–H and O–H groups in total. The predicted molar refractivity (Wildman–Crippen MR) is 114 cm³/mol. The van der Waals surface area contributed by atoms with Gasteiger partial charge in [0, 0.05) is 31.3 Å². The van der Waals surface area contributed by atoms with E-state index in [1.54, 1.807) is 57.4 Å². The molecule has 0 spiro atoms. The Morgan fingerprint density at radius 3 is 1.73 bits per heavy atom. The van der Waals surface area contributed by atoms with E-state index in [0.29, 0.717) is 35.1 Å². The number of nitrogens with one attached hydrogen (secondary N) is 2. The first-order chi connectivity index (χ1) is 14.2. The molecule has 0 aromatic heterocycles. The van der Waals surface area contributed by atoms with E-state index in [-0.39, 0.29) is 24.3 Å². The predicted octanol–water partition coefficient (Wildman–Crippen LogP) is 1.61. The Morgan fingerprint density at radius 2 is 1.40 bits per heavy atom. The van der Waals surface area contributed by atoms with Gasteiger partial charge in [-0.3, -0.25) is 14.4 Å². The molecule has 1 aliphatic carbocycles. The highest BCUT2D eigenvalue weighted by Crippen LogP contribution is 2.43. The van der Waals surface area contributed by atoms with Crippen molar-refractivity contribution >= 4 is 17.8 Å². The summed E-state index contributed by atoms with van der Waals surface area (Å²) >= 11 is 0. The van der Waals surface area contributed by atoms with Crippen LogP contribution in [0.5, 0.6) is 0 Å². The standard InChI is InChI=1S/C23H27N3O4/c1-13(24)12-23(22(29)30)18-8-6-16(20(27)25-2)10-14(18)4-5-15-11-17(21(28)26-3)7-9-19(15)23/h6-11,13H,4-5,12,24H2,1-3H3,(H,25,27)(H,26,28)(H,29,30)/t13-/m0/s1. The van der Waals surface area contributed by atoms with E-state index in [2.05, 4.69) is 10.6 Å². The average Bonchev–Trinajstić information content (AvgIpc) is 2.87. The average molecular weight is 409 g/mol. The number of rotatable bonds is 5. The Bertz CT molecular complexity index is 946. The minimum atomic E-state index is -1.36. The number of fused-ring (bicyclic) bond motifs is 2. The van der Waals surface area contributed by atoms with Gasteiger partial charge < -0.3 is 21.5 Å². The maximum atomic E-state index is 12.8. The van der Waals surface area contributed by atoms with Gasteiger partial charge in [-0.1, -0.05) is 12.1 Å². The number of amides is 2. The molecule has 2 aromatic carbocycles. The third-order valence-electron chi connectivity index (χ3n) is 5.77. The van der Waals surface area contributed by atoms with Crippen LogP contribution in [-0.2, 0) is 23.1 Å². The van der Waals surface area contributed by atoms with Crippen LogP contribution in [0.25, 0.3) is 0 Å². The van der Waals surface area contributed by atoms with Crippen molar-refractivity contribution in [1.29, 1.82) is 0 Å². The quantitative estimate of drug-likeness (QED) is 0.598. The number of aliphatic carboxylic acids is 1. The van der Waals surface area contributed by atoms with Crippen molar-refractivity contribution in [3.05, 3.63) is 69.8 Å². The normalized spacial score (nSPS) is 15.2. The molecule has 0 heterocycles. The lowest BCUT2D eigenvalue weighted by molar-refractivity contribution is -0.142. The van der Waals surface area contributed by atoms with Crippen LogP contribution in [0.1, 0.15) is 56.3 Å². The zero-order valence-electron chi connectivity index (χ0n) is 17.4. The number of carbonyl (C=O) groups is 3. The van der Waals surface area contributed by atoms with E-state index < -0.39 is 11.4 Å². The van der Waals surface area contributed by atoms with Crippen LogP contribution in [0.4, 0.5) is 0 Å². The van der Waals surface area contributed by atoms with E-state index in [4.69, 9.17) is 5.73 Å². The van der Waals surface area contributed by atoms with Crippen LogP contribution < -0.4 is 16.4 Å². The maximum absolute atomic E-state index is 12.8. The van der Waals surface area contributed by atoms with Gasteiger partial charge in [-0.2, -0.15) is 0 Å². The minimum absolute atomic E-state index is 0.195. The van der Waals surface area contributed by atoms with Crippen molar-refractivity contribution in [2.24, 2.45) is 5.73 Å². The fourth-order valence-corrected chi connectivity index (χ4v) is 4.44. The molecule has 2 amide bonds. The molecule has 0 unspecified atom stereocenters. The summed E-state index contributed by atoms with van der Waals surface area (Å²) in [4.78, 5) is 37.1. The molecule has 7 heteroatoms. The molecule has 30 heavy (non-hydrogen) atoms. The van der Waals surface area contributed by atoms with Crippen molar-refractivity contribution < 1.29 is 19.5 Å². The summed E-state index contributed by atoms with van der Waals surface area (Å²) in [5.74, 6) is -1.45. The molecule has 7 nitrogen and oxygen atoms in total. The summed E-state index contributed by atoms with van der Waals surface area (Å²) < 4.78 is 0.